The van der Waals surface area contributed by atoms with E-state index in [0.717, 1.165) is 12.1 Å². The Balaban J connectivity index is 2.60. The number of hydrogen-bond donors (Lipinski definition) is 0. The third-order valence-electron chi connectivity index (χ3n) is 2.43. The molecule has 100 valence electrons. The third kappa shape index (κ3) is 2.96. The van der Waals surface area contributed by atoms with Gasteiger partial charge in [0.2, 0.25) is 5.28 Å². The second-order valence-electron chi connectivity index (χ2n) is 3.62. The van der Waals surface area contributed by atoms with Crippen LogP contribution in [-0.2, 0) is 6.18 Å². The Morgan fingerprint density at radius 2 is 1.95 bits per heavy atom. The molecule has 0 bridgehead atoms. The van der Waals surface area contributed by atoms with Gasteiger partial charge < -0.3 is 4.74 Å². The first-order valence-corrected chi connectivity index (χ1v) is 5.54. The summed E-state index contributed by atoms with van der Waals surface area (Å²) in [7, 11) is 1.37. The van der Waals surface area contributed by atoms with Gasteiger partial charge in [-0.3, -0.25) is 0 Å². The Kier molecular flexibility index (Phi) is 3.61. The Labute approximate surface area is 112 Å². The first-order chi connectivity index (χ1) is 8.91. The molecule has 0 amide bonds. The van der Waals surface area contributed by atoms with Gasteiger partial charge in [0.05, 0.1) is 18.4 Å². The van der Waals surface area contributed by atoms with Crippen LogP contribution in [0.5, 0.6) is 5.75 Å². The normalized spacial score (nSPS) is 11.4. The molecule has 0 spiro atoms. The van der Waals surface area contributed by atoms with Crippen LogP contribution in [0.1, 0.15) is 5.56 Å². The van der Waals surface area contributed by atoms with E-state index in [1.165, 1.54) is 25.4 Å². The largest absolute Gasteiger partial charge is 0.496 e. The third-order valence-corrected chi connectivity index (χ3v) is 2.61. The average Bonchev–Trinajstić information content (AvgIpc) is 2.37. The van der Waals surface area contributed by atoms with Crippen molar-refractivity contribution in [2.75, 3.05) is 7.11 Å². The van der Waals surface area contributed by atoms with Crippen molar-refractivity contribution in [1.82, 2.24) is 9.97 Å². The minimum atomic E-state index is -4.43. The first-order valence-electron chi connectivity index (χ1n) is 5.16. The number of ether oxygens (including phenoxy) is 1. The summed E-state index contributed by atoms with van der Waals surface area (Å²) in [5.41, 5.74) is -0.303. The molecular formula is C12H8ClF3N2O. The lowest BCUT2D eigenvalue weighted by Gasteiger charge is -2.12. The predicted molar refractivity (Wildman–Crippen MR) is 64.0 cm³/mol. The highest BCUT2D eigenvalue weighted by Gasteiger charge is 2.31. The highest BCUT2D eigenvalue weighted by molar-refractivity contribution is 6.28. The van der Waals surface area contributed by atoms with E-state index >= 15 is 0 Å². The SMILES string of the molecule is COc1ccc(C(F)(F)F)cc1-c1ccnc(Cl)n1. The topological polar surface area (TPSA) is 35.0 Å². The van der Waals surface area contributed by atoms with Crippen LogP contribution in [0, 0.1) is 0 Å². The first kappa shape index (κ1) is 13.6. The summed E-state index contributed by atoms with van der Waals surface area (Å²) in [5.74, 6) is 0.280. The number of benzene rings is 1. The van der Waals surface area contributed by atoms with Crippen molar-refractivity contribution >= 4 is 11.6 Å². The van der Waals surface area contributed by atoms with E-state index in [-0.39, 0.29) is 22.3 Å². The molecule has 0 aliphatic carbocycles. The Morgan fingerprint density at radius 1 is 1.21 bits per heavy atom. The maximum atomic E-state index is 12.7. The van der Waals surface area contributed by atoms with Gasteiger partial charge in [-0.15, -0.1) is 0 Å². The van der Waals surface area contributed by atoms with Gasteiger partial charge in [0, 0.05) is 11.8 Å². The van der Waals surface area contributed by atoms with Gasteiger partial charge in [-0.25, -0.2) is 9.97 Å². The molecular weight excluding hydrogens is 281 g/mol. The van der Waals surface area contributed by atoms with Gasteiger partial charge in [-0.1, -0.05) is 0 Å². The van der Waals surface area contributed by atoms with Crippen molar-refractivity contribution in [1.29, 1.82) is 0 Å². The minimum Gasteiger partial charge on any atom is -0.496 e. The monoisotopic (exact) mass is 288 g/mol. The smallest absolute Gasteiger partial charge is 0.416 e. The fourth-order valence-electron chi connectivity index (χ4n) is 1.57. The zero-order valence-corrected chi connectivity index (χ0v) is 10.5. The van der Waals surface area contributed by atoms with Gasteiger partial charge in [0.25, 0.3) is 0 Å². The summed E-state index contributed by atoms with van der Waals surface area (Å²) >= 11 is 5.63. The van der Waals surface area contributed by atoms with Gasteiger partial charge in [0.15, 0.2) is 0 Å². The second kappa shape index (κ2) is 5.05. The van der Waals surface area contributed by atoms with Gasteiger partial charge >= 0.3 is 6.18 Å². The summed E-state index contributed by atoms with van der Waals surface area (Å²) in [5, 5.41) is -0.0445. The Hall–Kier alpha value is -1.82. The van der Waals surface area contributed by atoms with E-state index in [1.807, 2.05) is 0 Å². The van der Waals surface area contributed by atoms with Crippen LogP contribution in [0.25, 0.3) is 11.3 Å². The summed E-state index contributed by atoms with van der Waals surface area (Å²) in [6, 6.07) is 4.63. The molecule has 19 heavy (non-hydrogen) atoms. The molecule has 1 heterocycles. The standard InChI is InChI=1S/C12H8ClF3N2O/c1-19-10-3-2-7(12(14,15)16)6-8(10)9-4-5-17-11(13)18-9/h2-6H,1H3. The molecule has 0 N–H and O–H groups in total. The van der Waals surface area contributed by atoms with Crippen molar-refractivity contribution in [3.05, 3.63) is 41.3 Å². The molecule has 2 aromatic rings. The van der Waals surface area contributed by atoms with Crippen LogP contribution in [0.4, 0.5) is 13.2 Å². The molecule has 0 aliphatic rings. The molecule has 0 saturated carbocycles. The molecule has 0 unspecified atom stereocenters. The number of aromatic nitrogens is 2. The van der Waals surface area contributed by atoms with E-state index in [1.54, 1.807) is 0 Å². The van der Waals surface area contributed by atoms with Crippen molar-refractivity contribution in [3.8, 4) is 17.0 Å². The second-order valence-corrected chi connectivity index (χ2v) is 3.96. The molecule has 7 heteroatoms. The number of methoxy groups -OCH3 is 1. The molecule has 2 rings (SSSR count). The van der Waals surface area contributed by atoms with Crippen LogP contribution in [-0.4, -0.2) is 17.1 Å². The molecule has 1 aromatic heterocycles. The number of alkyl halides is 3. The molecule has 0 radical (unpaired) electrons. The minimum absolute atomic E-state index is 0.0445. The van der Waals surface area contributed by atoms with E-state index in [9.17, 15) is 13.2 Å². The van der Waals surface area contributed by atoms with Crippen molar-refractivity contribution < 1.29 is 17.9 Å². The van der Waals surface area contributed by atoms with E-state index in [0.29, 0.717) is 0 Å². The Bertz CT molecular complexity index is 602. The van der Waals surface area contributed by atoms with Crippen molar-refractivity contribution in [2.24, 2.45) is 0 Å². The van der Waals surface area contributed by atoms with Crippen LogP contribution < -0.4 is 4.74 Å². The van der Waals surface area contributed by atoms with Crippen molar-refractivity contribution in [3.63, 3.8) is 0 Å². The summed E-state index contributed by atoms with van der Waals surface area (Å²) in [6.07, 6.45) is -3.07. The van der Waals surface area contributed by atoms with Crippen LogP contribution >= 0.6 is 11.6 Å². The number of hydrogen-bond acceptors (Lipinski definition) is 3. The van der Waals surface area contributed by atoms with Crippen LogP contribution in [0.15, 0.2) is 30.5 Å². The molecule has 0 fully saturated rings. The molecule has 0 atom stereocenters. The zero-order chi connectivity index (χ0) is 14.0. The summed E-state index contributed by atoms with van der Waals surface area (Å²) in [4.78, 5) is 7.57. The molecule has 0 aliphatic heterocycles. The average molecular weight is 289 g/mol. The van der Waals surface area contributed by atoms with E-state index in [4.69, 9.17) is 16.3 Å². The lowest BCUT2D eigenvalue weighted by atomic mass is 10.1. The van der Waals surface area contributed by atoms with E-state index in [2.05, 4.69) is 9.97 Å². The van der Waals surface area contributed by atoms with E-state index < -0.39 is 11.7 Å². The maximum Gasteiger partial charge on any atom is 0.416 e. The summed E-state index contributed by atoms with van der Waals surface area (Å²) in [6.45, 7) is 0. The van der Waals surface area contributed by atoms with Gasteiger partial charge in [-0.2, -0.15) is 13.2 Å². The molecule has 0 saturated heterocycles. The molecule has 3 nitrogen and oxygen atoms in total. The van der Waals surface area contributed by atoms with Crippen LogP contribution in [0.3, 0.4) is 0 Å². The fourth-order valence-corrected chi connectivity index (χ4v) is 1.72. The lowest BCUT2D eigenvalue weighted by Crippen LogP contribution is -2.05. The number of halogens is 4. The Morgan fingerprint density at radius 3 is 2.53 bits per heavy atom. The molecule has 1 aromatic carbocycles. The zero-order valence-electron chi connectivity index (χ0n) is 9.70. The van der Waals surface area contributed by atoms with Crippen molar-refractivity contribution in [2.45, 2.75) is 6.18 Å². The lowest BCUT2D eigenvalue weighted by molar-refractivity contribution is -0.137. The van der Waals surface area contributed by atoms with Gasteiger partial charge in [-0.05, 0) is 35.9 Å². The van der Waals surface area contributed by atoms with Crippen LogP contribution in [0.2, 0.25) is 5.28 Å². The maximum absolute atomic E-state index is 12.7. The fraction of sp³-hybridized carbons (Fsp3) is 0.167. The number of rotatable bonds is 2. The van der Waals surface area contributed by atoms with Gasteiger partial charge in [0.1, 0.15) is 5.75 Å². The quantitative estimate of drug-likeness (QED) is 0.788. The number of nitrogens with zero attached hydrogens (tertiary/aromatic N) is 2. The predicted octanol–water partition coefficient (Wildman–Crippen LogP) is 3.82. The highest BCUT2D eigenvalue weighted by Crippen LogP contribution is 2.36. The summed E-state index contributed by atoms with van der Waals surface area (Å²) < 4.78 is 43.1. The highest BCUT2D eigenvalue weighted by atomic mass is 35.5.